The monoisotopic (exact) mass is 328 g/mol. The van der Waals surface area contributed by atoms with Gasteiger partial charge in [0.05, 0.1) is 18.0 Å². The summed E-state index contributed by atoms with van der Waals surface area (Å²) in [5.74, 6) is -2.14. The van der Waals surface area contributed by atoms with Gasteiger partial charge in [-0.05, 0) is 24.3 Å². The molecule has 5 N–H and O–H groups in total. The fraction of sp³-hybridized carbons (Fsp3) is 0.250. The minimum absolute atomic E-state index is 0.163. The van der Waals surface area contributed by atoms with E-state index in [-0.39, 0.29) is 10.8 Å². The number of hydrogen-bond donors (Lipinski definition) is 3. The number of amides is 3. The first-order chi connectivity index (χ1) is 10.1. The van der Waals surface area contributed by atoms with E-state index in [2.05, 4.69) is 5.32 Å². The lowest BCUT2D eigenvalue weighted by Crippen LogP contribution is -2.43. The summed E-state index contributed by atoms with van der Waals surface area (Å²) in [6, 6.07) is 5.22. The fourth-order valence-corrected chi connectivity index (χ4v) is 3.01. The summed E-state index contributed by atoms with van der Waals surface area (Å²) >= 11 is 0. The van der Waals surface area contributed by atoms with Gasteiger partial charge in [-0.2, -0.15) is 4.31 Å². The summed E-state index contributed by atoms with van der Waals surface area (Å²) in [7, 11) is -4.12. The van der Waals surface area contributed by atoms with Gasteiger partial charge in [-0.1, -0.05) is 0 Å². The van der Waals surface area contributed by atoms with E-state index in [1.165, 1.54) is 31.2 Å². The van der Waals surface area contributed by atoms with Crippen molar-refractivity contribution in [1.29, 1.82) is 0 Å². The SMILES string of the molecule is CC(=O)Nc1ccc(S(=O)(=O)N(CC(N)=O)CC(N)=O)cc1. The zero-order valence-corrected chi connectivity index (χ0v) is 12.6. The van der Waals surface area contributed by atoms with Crippen LogP contribution in [0.15, 0.2) is 29.2 Å². The predicted molar refractivity (Wildman–Crippen MR) is 77.9 cm³/mol. The number of benzene rings is 1. The number of rotatable bonds is 7. The lowest BCUT2D eigenvalue weighted by Gasteiger charge is -2.19. The second kappa shape index (κ2) is 7.00. The van der Waals surface area contributed by atoms with Crippen molar-refractivity contribution in [3.63, 3.8) is 0 Å². The van der Waals surface area contributed by atoms with Gasteiger partial charge in [0, 0.05) is 12.6 Å². The Morgan fingerprint density at radius 2 is 1.50 bits per heavy atom. The van der Waals surface area contributed by atoms with Crippen molar-refractivity contribution in [2.45, 2.75) is 11.8 Å². The minimum atomic E-state index is -4.12. The van der Waals surface area contributed by atoms with Crippen LogP contribution < -0.4 is 16.8 Å². The van der Waals surface area contributed by atoms with Crippen LogP contribution in [-0.4, -0.2) is 43.5 Å². The van der Waals surface area contributed by atoms with Crippen LogP contribution in [0.2, 0.25) is 0 Å². The van der Waals surface area contributed by atoms with Crippen LogP contribution in [0.3, 0.4) is 0 Å². The number of carbonyl (C=O) groups excluding carboxylic acids is 3. The lowest BCUT2D eigenvalue weighted by molar-refractivity contribution is -0.120. The normalized spacial score (nSPS) is 11.2. The maximum absolute atomic E-state index is 12.4. The highest BCUT2D eigenvalue weighted by molar-refractivity contribution is 7.89. The number of nitrogens with one attached hydrogen (secondary N) is 1. The summed E-state index contributed by atoms with van der Waals surface area (Å²) in [6.45, 7) is -0.0243. The van der Waals surface area contributed by atoms with Gasteiger partial charge < -0.3 is 16.8 Å². The number of carbonyl (C=O) groups is 3. The third-order valence-corrected chi connectivity index (χ3v) is 4.28. The summed E-state index contributed by atoms with van der Waals surface area (Å²) in [4.78, 5) is 32.7. The molecule has 120 valence electrons. The number of primary amides is 2. The largest absolute Gasteiger partial charge is 0.369 e. The van der Waals surface area contributed by atoms with E-state index in [0.717, 1.165) is 0 Å². The van der Waals surface area contributed by atoms with Crippen molar-refractivity contribution in [3.05, 3.63) is 24.3 Å². The number of nitrogens with zero attached hydrogens (tertiary/aromatic N) is 1. The van der Waals surface area contributed by atoms with Crippen molar-refractivity contribution < 1.29 is 22.8 Å². The molecule has 0 aromatic heterocycles. The lowest BCUT2D eigenvalue weighted by atomic mass is 10.3. The van der Waals surface area contributed by atoms with Gasteiger partial charge >= 0.3 is 0 Å². The van der Waals surface area contributed by atoms with Gasteiger partial charge in [0.15, 0.2) is 0 Å². The van der Waals surface area contributed by atoms with E-state index in [1.54, 1.807) is 0 Å². The first-order valence-corrected chi connectivity index (χ1v) is 7.51. The van der Waals surface area contributed by atoms with Gasteiger partial charge in [0.2, 0.25) is 27.7 Å². The molecule has 0 aliphatic heterocycles. The van der Waals surface area contributed by atoms with E-state index in [9.17, 15) is 22.8 Å². The summed E-state index contributed by atoms with van der Waals surface area (Å²) < 4.78 is 25.3. The first kappa shape index (κ1) is 17.6. The summed E-state index contributed by atoms with van der Waals surface area (Å²) in [5, 5.41) is 2.48. The van der Waals surface area contributed by atoms with Crippen molar-refractivity contribution in [1.82, 2.24) is 4.31 Å². The van der Waals surface area contributed by atoms with E-state index in [0.29, 0.717) is 9.99 Å². The van der Waals surface area contributed by atoms with Crippen LogP contribution in [0.1, 0.15) is 6.92 Å². The summed E-state index contributed by atoms with van der Waals surface area (Å²) in [5.41, 5.74) is 10.4. The molecular weight excluding hydrogens is 312 g/mol. The van der Waals surface area contributed by atoms with E-state index < -0.39 is 34.9 Å². The molecule has 0 radical (unpaired) electrons. The number of anilines is 1. The van der Waals surface area contributed by atoms with E-state index >= 15 is 0 Å². The smallest absolute Gasteiger partial charge is 0.244 e. The standard InChI is InChI=1S/C12H16N4O5S/c1-8(17)15-9-2-4-10(5-3-9)22(20,21)16(6-11(13)18)7-12(14)19/h2-5H,6-7H2,1H3,(H2,13,18)(H2,14,19)(H,15,17). The van der Waals surface area contributed by atoms with Crippen LogP contribution in [0, 0.1) is 0 Å². The Bertz CT molecular complexity index is 668. The molecule has 0 spiro atoms. The molecule has 3 amide bonds. The van der Waals surface area contributed by atoms with E-state index in [4.69, 9.17) is 11.5 Å². The number of hydrogen-bond acceptors (Lipinski definition) is 5. The third-order valence-electron chi connectivity index (χ3n) is 2.48. The Morgan fingerprint density at radius 1 is 1.05 bits per heavy atom. The molecule has 0 saturated carbocycles. The first-order valence-electron chi connectivity index (χ1n) is 6.07. The Labute approximate surface area is 127 Å². The van der Waals surface area contributed by atoms with Gasteiger partial charge in [-0.25, -0.2) is 8.42 Å². The van der Waals surface area contributed by atoms with Gasteiger partial charge in [0.1, 0.15) is 0 Å². The molecule has 0 aliphatic carbocycles. The zero-order chi connectivity index (χ0) is 16.9. The maximum atomic E-state index is 12.4. The minimum Gasteiger partial charge on any atom is -0.369 e. The third kappa shape index (κ3) is 4.82. The second-order valence-electron chi connectivity index (χ2n) is 4.41. The zero-order valence-electron chi connectivity index (χ0n) is 11.8. The van der Waals surface area contributed by atoms with Crippen LogP contribution in [0.25, 0.3) is 0 Å². The molecule has 0 unspecified atom stereocenters. The van der Waals surface area contributed by atoms with Gasteiger partial charge in [0.25, 0.3) is 0 Å². The molecule has 0 fully saturated rings. The maximum Gasteiger partial charge on any atom is 0.244 e. The van der Waals surface area contributed by atoms with Crippen LogP contribution in [0.4, 0.5) is 5.69 Å². The van der Waals surface area contributed by atoms with Crippen molar-refractivity contribution in [2.75, 3.05) is 18.4 Å². The topological polar surface area (TPSA) is 153 Å². The van der Waals surface area contributed by atoms with E-state index in [1.807, 2.05) is 0 Å². The molecule has 1 aromatic carbocycles. The summed E-state index contributed by atoms with van der Waals surface area (Å²) in [6.07, 6.45) is 0. The fourth-order valence-electron chi connectivity index (χ4n) is 1.64. The molecule has 0 heterocycles. The second-order valence-corrected chi connectivity index (χ2v) is 6.35. The Hall–Kier alpha value is -2.46. The molecule has 0 bridgehead atoms. The molecular formula is C12H16N4O5S. The highest BCUT2D eigenvalue weighted by atomic mass is 32.2. The average molecular weight is 328 g/mol. The van der Waals surface area contributed by atoms with Crippen molar-refractivity contribution >= 4 is 33.4 Å². The predicted octanol–water partition coefficient (Wildman–Crippen LogP) is -1.39. The molecule has 1 rings (SSSR count). The van der Waals surface area contributed by atoms with Crippen molar-refractivity contribution in [3.8, 4) is 0 Å². The molecule has 0 aliphatic rings. The van der Waals surface area contributed by atoms with Crippen molar-refractivity contribution in [2.24, 2.45) is 11.5 Å². The molecule has 10 heteroatoms. The quantitative estimate of drug-likeness (QED) is 0.562. The van der Waals surface area contributed by atoms with Crippen LogP contribution in [-0.2, 0) is 24.4 Å². The molecule has 0 atom stereocenters. The highest BCUT2D eigenvalue weighted by Crippen LogP contribution is 2.18. The van der Waals surface area contributed by atoms with Gasteiger partial charge in [-0.15, -0.1) is 0 Å². The molecule has 0 saturated heterocycles. The molecule has 9 nitrogen and oxygen atoms in total. The molecule has 1 aromatic rings. The Kier molecular flexibility index (Phi) is 5.60. The number of nitrogens with two attached hydrogens (primary N) is 2. The average Bonchev–Trinajstić information content (AvgIpc) is 2.36. The number of sulfonamides is 1. The Balaban J connectivity index is 3.10. The van der Waals surface area contributed by atoms with Crippen LogP contribution >= 0.6 is 0 Å². The molecule has 22 heavy (non-hydrogen) atoms. The van der Waals surface area contributed by atoms with Gasteiger partial charge in [-0.3, -0.25) is 14.4 Å². The van der Waals surface area contributed by atoms with Crippen LogP contribution in [0.5, 0.6) is 0 Å². The Morgan fingerprint density at radius 3 is 1.86 bits per heavy atom. The highest BCUT2D eigenvalue weighted by Gasteiger charge is 2.27.